The first-order chi connectivity index (χ1) is 9.19. The third-order valence-corrected chi connectivity index (χ3v) is 3.17. The summed E-state index contributed by atoms with van der Waals surface area (Å²) in [6.07, 6.45) is 3.73. The fourth-order valence-electron chi connectivity index (χ4n) is 2.14. The number of rotatable bonds is 7. The molecule has 0 bridgehead atoms. The molecule has 0 fully saturated rings. The zero-order valence-corrected chi connectivity index (χ0v) is 11.6. The van der Waals surface area contributed by atoms with Crippen LogP contribution < -0.4 is 5.56 Å². The number of hydrogen-bond donors (Lipinski definition) is 1. The summed E-state index contributed by atoms with van der Waals surface area (Å²) in [5.74, 6) is 0. The summed E-state index contributed by atoms with van der Waals surface area (Å²) in [6.45, 7) is 4.58. The predicted molar refractivity (Wildman–Crippen MR) is 72.9 cm³/mol. The van der Waals surface area contributed by atoms with Gasteiger partial charge in [0, 0.05) is 13.2 Å². The molecule has 0 atom stereocenters. The normalized spacial score (nSPS) is 10.4. The molecule has 0 aliphatic carbocycles. The van der Waals surface area contributed by atoms with E-state index in [1.165, 1.54) is 4.68 Å². The number of aryl methyl sites for hydroxylation is 2. The van der Waals surface area contributed by atoms with Gasteiger partial charge < -0.3 is 5.11 Å². The third kappa shape index (κ3) is 3.65. The standard InChI is InChI=1S/C14H21N3O2/c1-3-11-12(10-15)14(19)17(16-13(11)4-2)8-6-5-7-9-18/h18H,3-9H2,1-2H3. The van der Waals surface area contributed by atoms with Gasteiger partial charge >= 0.3 is 0 Å². The fourth-order valence-corrected chi connectivity index (χ4v) is 2.14. The lowest BCUT2D eigenvalue weighted by atomic mass is 10.0. The second-order valence-corrected chi connectivity index (χ2v) is 4.43. The second-order valence-electron chi connectivity index (χ2n) is 4.43. The van der Waals surface area contributed by atoms with Gasteiger partial charge in [-0.3, -0.25) is 4.79 Å². The SMILES string of the molecule is CCc1nn(CCCCCO)c(=O)c(C#N)c1CC. The van der Waals surface area contributed by atoms with E-state index in [4.69, 9.17) is 10.4 Å². The number of nitriles is 1. The van der Waals surface area contributed by atoms with Crippen molar-refractivity contribution in [2.24, 2.45) is 0 Å². The second kappa shape index (κ2) is 7.70. The summed E-state index contributed by atoms with van der Waals surface area (Å²) in [7, 11) is 0. The Bertz CT molecular complexity index is 515. The monoisotopic (exact) mass is 263 g/mol. The third-order valence-electron chi connectivity index (χ3n) is 3.17. The number of unbranched alkanes of at least 4 members (excludes halogenated alkanes) is 2. The molecule has 0 spiro atoms. The Balaban J connectivity index is 3.06. The van der Waals surface area contributed by atoms with Crippen molar-refractivity contribution < 1.29 is 5.11 Å². The zero-order valence-electron chi connectivity index (χ0n) is 11.6. The maximum Gasteiger partial charge on any atom is 0.284 e. The van der Waals surface area contributed by atoms with Crippen molar-refractivity contribution in [2.45, 2.75) is 52.5 Å². The Morgan fingerprint density at radius 2 is 2.00 bits per heavy atom. The molecular formula is C14H21N3O2. The first-order valence-electron chi connectivity index (χ1n) is 6.83. The van der Waals surface area contributed by atoms with E-state index < -0.39 is 0 Å². The van der Waals surface area contributed by atoms with Crippen LogP contribution >= 0.6 is 0 Å². The Morgan fingerprint density at radius 3 is 2.53 bits per heavy atom. The van der Waals surface area contributed by atoms with E-state index in [-0.39, 0.29) is 17.7 Å². The van der Waals surface area contributed by atoms with Crippen LogP contribution in [0, 0.1) is 11.3 Å². The predicted octanol–water partition coefficient (Wildman–Crippen LogP) is 1.40. The molecule has 1 N–H and O–H groups in total. The largest absolute Gasteiger partial charge is 0.396 e. The van der Waals surface area contributed by atoms with Gasteiger partial charge in [0.15, 0.2) is 0 Å². The van der Waals surface area contributed by atoms with Crippen molar-refractivity contribution in [1.82, 2.24) is 9.78 Å². The Kier molecular flexibility index (Phi) is 6.23. The molecular weight excluding hydrogens is 242 g/mol. The van der Waals surface area contributed by atoms with E-state index in [9.17, 15) is 4.79 Å². The quantitative estimate of drug-likeness (QED) is 0.754. The van der Waals surface area contributed by atoms with Crippen LogP contribution in [-0.2, 0) is 19.4 Å². The van der Waals surface area contributed by atoms with Crippen LogP contribution in [-0.4, -0.2) is 21.5 Å². The molecule has 5 heteroatoms. The average molecular weight is 263 g/mol. The minimum atomic E-state index is -0.291. The summed E-state index contributed by atoms with van der Waals surface area (Å²) in [5.41, 5.74) is 1.56. The fraction of sp³-hybridized carbons (Fsp3) is 0.643. The van der Waals surface area contributed by atoms with Gasteiger partial charge in [-0.2, -0.15) is 10.4 Å². The van der Waals surface area contributed by atoms with Gasteiger partial charge in [-0.15, -0.1) is 0 Å². The molecule has 5 nitrogen and oxygen atoms in total. The minimum absolute atomic E-state index is 0.167. The van der Waals surface area contributed by atoms with Gasteiger partial charge in [0.05, 0.1) is 5.69 Å². The van der Waals surface area contributed by atoms with Crippen LogP contribution in [0.25, 0.3) is 0 Å². The van der Waals surface area contributed by atoms with Crippen molar-refractivity contribution in [3.05, 3.63) is 27.2 Å². The van der Waals surface area contributed by atoms with Crippen molar-refractivity contribution >= 4 is 0 Å². The zero-order chi connectivity index (χ0) is 14.3. The highest BCUT2D eigenvalue weighted by Gasteiger charge is 2.14. The van der Waals surface area contributed by atoms with Crippen molar-refractivity contribution in [3.63, 3.8) is 0 Å². The molecule has 0 aliphatic heterocycles. The van der Waals surface area contributed by atoms with E-state index in [1.807, 2.05) is 19.9 Å². The van der Waals surface area contributed by atoms with Crippen LogP contribution in [0.4, 0.5) is 0 Å². The summed E-state index contributed by atoms with van der Waals surface area (Å²) < 4.78 is 1.40. The summed E-state index contributed by atoms with van der Waals surface area (Å²) >= 11 is 0. The van der Waals surface area contributed by atoms with Gasteiger partial charge in [-0.25, -0.2) is 4.68 Å². The Labute approximate surface area is 113 Å². The van der Waals surface area contributed by atoms with Crippen LogP contribution in [0.5, 0.6) is 0 Å². The lowest BCUT2D eigenvalue weighted by Crippen LogP contribution is -2.28. The smallest absolute Gasteiger partial charge is 0.284 e. The topological polar surface area (TPSA) is 78.9 Å². The van der Waals surface area contributed by atoms with E-state index in [2.05, 4.69) is 5.10 Å². The van der Waals surface area contributed by atoms with Crippen LogP contribution in [0.15, 0.2) is 4.79 Å². The Hall–Kier alpha value is -1.67. The molecule has 0 aromatic carbocycles. The van der Waals surface area contributed by atoms with Gasteiger partial charge in [0.1, 0.15) is 11.6 Å². The summed E-state index contributed by atoms with van der Waals surface area (Å²) in [6, 6.07) is 2.02. The highest BCUT2D eigenvalue weighted by Crippen LogP contribution is 2.10. The highest BCUT2D eigenvalue weighted by molar-refractivity contribution is 5.37. The van der Waals surface area contributed by atoms with E-state index >= 15 is 0 Å². The number of aliphatic hydroxyl groups is 1. The first kappa shape index (κ1) is 15.4. The van der Waals surface area contributed by atoms with Gasteiger partial charge in [0.2, 0.25) is 0 Å². The molecule has 0 unspecified atom stereocenters. The van der Waals surface area contributed by atoms with Crippen molar-refractivity contribution in [1.29, 1.82) is 5.26 Å². The first-order valence-corrected chi connectivity index (χ1v) is 6.83. The molecule has 104 valence electrons. The minimum Gasteiger partial charge on any atom is -0.396 e. The molecule has 1 heterocycles. The molecule has 0 aliphatic rings. The summed E-state index contributed by atoms with van der Waals surface area (Å²) in [5, 5.41) is 22.2. The molecule has 1 aromatic rings. The van der Waals surface area contributed by atoms with Gasteiger partial charge in [-0.05, 0) is 37.7 Å². The van der Waals surface area contributed by atoms with E-state index in [0.717, 1.165) is 36.9 Å². The van der Waals surface area contributed by atoms with Crippen molar-refractivity contribution in [3.8, 4) is 6.07 Å². The van der Waals surface area contributed by atoms with Gasteiger partial charge in [0.25, 0.3) is 5.56 Å². The maximum atomic E-state index is 12.1. The van der Waals surface area contributed by atoms with E-state index in [0.29, 0.717) is 13.0 Å². The molecule has 0 radical (unpaired) electrons. The van der Waals surface area contributed by atoms with Crippen LogP contribution in [0.1, 0.15) is 49.9 Å². The van der Waals surface area contributed by atoms with E-state index in [1.54, 1.807) is 0 Å². The van der Waals surface area contributed by atoms with Crippen molar-refractivity contribution in [2.75, 3.05) is 6.61 Å². The number of aliphatic hydroxyl groups excluding tert-OH is 1. The molecule has 0 amide bonds. The molecule has 0 saturated heterocycles. The summed E-state index contributed by atoms with van der Waals surface area (Å²) in [4.78, 5) is 12.1. The van der Waals surface area contributed by atoms with Crippen LogP contribution in [0.3, 0.4) is 0 Å². The number of hydrogen-bond acceptors (Lipinski definition) is 4. The molecule has 1 rings (SSSR count). The Morgan fingerprint density at radius 1 is 1.26 bits per heavy atom. The maximum absolute atomic E-state index is 12.1. The van der Waals surface area contributed by atoms with Crippen LogP contribution in [0.2, 0.25) is 0 Å². The lowest BCUT2D eigenvalue weighted by molar-refractivity contribution is 0.281. The lowest BCUT2D eigenvalue weighted by Gasteiger charge is -2.11. The molecule has 19 heavy (non-hydrogen) atoms. The molecule has 0 saturated carbocycles. The number of nitrogens with zero attached hydrogens (tertiary/aromatic N) is 3. The van der Waals surface area contributed by atoms with Gasteiger partial charge in [-0.1, -0.05) is 13.8 Å². The highest BCUT2D eigenvalue weighted by atomic mass is 16.2. The average Bonchev–Trinajstić information content (AvgIpc) is 2.44. The molecule has 1 aromatic heterocycles. The number of aromatic nitrogens is 2.